The van der Waals surface area contributed by atoms with E-state index in [0.29, 0.717) is 0 Å². The average Bonchev–Trinajstić information content (AvgIpc) is 2.58. The van der Waals surface area contributed by atoms with Crippen LogP contribution in [0.2, 0.25) is 0 Å². The molecule has 1 heterocycles. The molecule has 0 atom stereocenters. The van der Waals surface area contributed by atoms with Crippen LogP contribution in [0.3, 0.4) is 0 Å². The van der Waals surface area contributed by atoms with Gasteiger partial charge in [0.2, 0.25) is 11.2 Å². The van der Waals surface area contributed by atoms with E-state index >= 15 is 0 Å². The zero-order valence-electron chi connectivity index (χ0n) is 13.1. The zero-order valence-corrected chi connectivity index (χ0v) is 13.1. The van der Waals surface area contributed by atoms with Gasteiger partial charge in [-0.2, -0.15) is 0 Å². The number of carbonyl (C=O) groups is 1. The fraction of sp³-hybridized carbons (Fsp3) is 0.111. The first-order chi connectivity index (χ1) is 12.0. The monoisotopic (exact) mass is 344 g/mol. The molecule has 1 aromatic heterocycles. The quantitative estimate of drug-likeness (QED) is 0.762. The van der Waals surface area contributed by atoms with Crippen molar-refractivity contribution >= 4 is 16.9 Å². The molecule has 25 heavy (non-hydrogen) atoms. The van der Waals surface area contributed by atoms with E-state index in [9.17, 15) is 14.0 Å². The van der Waals surface area contributed by atoms with Crippen LogP contribution in [0.1, 0.15) is 5.76 Å². The number of hydrogen-bond donors (Lipinski definition) is 1. The fourth-order valence-electron chi connectivity index (χ4n) is 2.26. The predicted molar refractivity (Wildman–Crippen MR) is 86.8 cm³/mol. The number of aliphatic carboxylic acids is 1. The van der Waals surface area contributed by atoms with E-state index in [1.807, 2.05) is 0 Å². The summed E-state index contributed by atoms with van der Waals surface area (Å²) in [5.41, 5.74) is -0.252. The second-order valence-electron chi connectivity index (χ2n) is 5.19. The van der Waals surface area contributed by atoms with E-state index in [2.05, 4.69) is 0 Å². The number of ether oxygens (including phenoxy) is 2. The van der Waals surface area contributed by atoms with Crippen molar-refractivity contribution in [1.82, 2.24) is 0 Å². The zero-order chi connectivity index (χ0) is 18.0. The molecule has 0 aliphatic heterocycles. The molecule has 0 saturated heterocycles. The summed E-state index contributed by atoms with van der Waals surface area (Å²) in [5.74, 6) is -1.50. The van der Waals surface area contributed by atoms with Crippen LogP contribution in [-0.4, -0.2) is 17.7 Å². The van der Waals surface area contributed by atoms with Crippen LogP contribution in [0, 0.1) is 12.7 Å². The van der Waals surface area contributed by atoms with Crippen LogP contribution < -0.4 is 14.9 Å². The molecule has 0 unspecified atom stereocenters. The van der Waals surface area contributed by atoms with Crippen LogP contribution in [0.5, 0.6) is 17.2 Å². The Morgan fingerprint density at radius 3 is 2.72 bits per heavy atom. The largest absolute Gasteiger partial charge is 0.482 e. The van der Waals surface area contributed by atoms with Gasteiger partial charge in [0, 0.05) is 6.07 Å². The first kappa shape index (κ1) is 16.5. The van der Waals surface area contributed by atoms with Crippen molar-refractivity contribution in [2.45, 2.75) is 6.92 Å². The molecule has 0 radical (unpaired) electrons. The highest BCUT2D eigenvalue weighted by Gasteiger charge is 2.16. The van der Waals surface area contributed by atoms with Gasteiger partial charge in [-0.15, -0.1) is 0 Å². The van der Waals surface area contributed by atoms with Gasteiger partial charge in [0.1, 0.15) is 17.1 Å². The molecule has 6 nitrogen and oxygen atoms in total. The third kappa shape index (κ3) is 3.45. The lowest BCUT2D eigenvalue weighted by atomic mass is 10.2. The maximum Gasteiger partial charge on any atom is 0.341 e. The summed E-state index contributed by atoms with van der Waals surface area (Å²) in [6.45, 7) is 1.00. The normalized spacial score (nSPS) is 10.6. The van der Waals surface area contributed by atoms with Gasteiger partial charge in [-0.25, -0.2) is 9.18 Å². The highest BCUT2D eigenvalue weighted by Crippen LogP contribution is 2.28. The lowest BCUT2D eigenvalue weighted by Gasteiger charge is -2.10. The number of carboxylic acid groups (broad SMARTS) is 1. The van der Waals surface area contributed by atoms with Crippen molar-refractivity contribution < 1.29 is 28.2 Å². The number of aryl methyl sites for hydroxylation is 1. The molecule has 7 heteroatoms. The van der Waals surface area contributed by atoms with Crippen molar-refractivity contribution in [1.29, 1.82) is 0 Å². The molecule has 0 amide bonds. The molecule has 0 aliphatic carbocycles. The summed E-state index contributed by atoms with van der Waals surface area (Å²) in [4.78, 5) is 23.1. The Morgan fingerprint density at radius 1 is 1.24 bits per heavy atom. The van der Waals surface area contributed by atoms with E-state index in [0.717, 1.165) is 0 Å². The van der Waals surface area contributed by atoms with Crippen LogP contribution in [0.15, 0.2) is 51.7 Å². The summed E-state index contributed by atoms with van der Waals surface area (Å²) in [6.07, 6.45) is 0. The van der Waals surface area contributed by atoms with Crippen LogP contribution in [0.25, 0.3) is 11.0 Å². The van der Waals surface area contributed by atoms with Gasteiger partial charge < -0.3 is 19.0 Å². The third-order valence-electron chi connectivity index (χ3n) is 3.40. The minimum atomic E-state index is -1.12. The molecule has 0 aliphatic rings. The van der Waals surface area contributed by atoms with E-state index in [1.54, 1.807) is 6.07 Å². The fourth-order valence-corrected chi connectivity index (χ4v) is 2.26. The molecule has 1 N–H and O–H groups in total. The summed E-state index contributed by atoms with van der Waals surface area (Å²) >= 11 is 0. The average molecular weight is 344 g/mol. The van der Waals surface area contributed by atoms with Crippen molar-refractivity contribution in [3.05, 3.63) is 64.3 Å². The third-order valence-corrected chi connectivity index (χ3v) is 3.40. The van der Waals surface area contributed by atoms with Crippen molar-refractivity contribution in [3.8, 4) is 17.2 Å². The standard InChI is InChI=1S/C18H13FO6/c1-10-18(25-14-5-3-2-4-13(14)19)17(22)12-7-6-11(8-15(12)24-10)23-9-16(20)21/h2-8H,9H2,1H3,(H,20,21). The Balaban J connectivity index is 2.01. The molecule has 0 fully saturated rings. The lowest BCUT2D eigenvalue weighted by molar-refractivity contribution is -0.139. The number of carboxylic acids is 1. The molecule has 3 aromatic rings. The molecular formula is C18H13FO6. The first-order valence-corrected chi connectivity index (χ1v) is 7.30. The smallest absolute Gasteiger partial charge is 0.341 e. The second kappa shape index (κ2) is 6.64. The Hall–Kier alpha value is -3.35. The molecule has 3 rings (SSSR count). The van der Waals surface area contributed by atoms with E-state index in [1.165, 1.54) is 43.3 Å². The number of fused-ring (bicyclic) bond motifs is 1. The molecule has 0 bridgehead atoms. The summed E-state index contributed by atoms with van der Waals surface area (Å²) in [5, 5.41) is 8.84. The SMILES string of the molecule is Cc1oc2cc(OCC(=O)O)ccc2c(=O)c1Oc1ccccc1F. The maximum absolute atomic E-state index is 13.7. The van der Waals surface area contributed by atoms with Gasteiger partial charge in [0.25, 0.3) is 0 Å². The highest BCUT2D eigenvalue weighted by molar-refractivity contribution is 5.80. The molecule has 2 aromatic carbocycles. The number of halogens is 1. The summed E-state index contributed by atoms with van der Waals surface area (Å²) in [6, 6.07) is 10.0. The van der Waals surface area contributed by atoms with Crippen molar-refractivity contribution in [2.24, 2.45) is 0 Å². The molecule has 0 spiro atoms. The minimum absolute atomic E-state index is 0.0846. The lowest BCUT2D eigenvalue weighted by Crippen LogP contribution is -2.10. The van der Waals surface area contributed by atoms with Gasteiger partial charge in [0.05, 0.1) is 5.39 Å². The Bertz CT molecular complexity index is 1010. The topological polar surface area (TPSA) is 86.0 Å². The van der Waals surface area contributed by atoms with Crippen LogP contribution >= 0.6 is 0 Å². The maximum atomic E-state index is 13.7. The Morgan fingerprint density at radius 2 is 2.00 bits per heavy atom. The molecular weight excluding hydrogens is 331 g/mol. The van der Waals surface area contributed by atoms with Crippen molar-refractivity contribution in [3.63, 3.8) is 0 Å². The van der Waals surface area contributed by atoms with E-state index < -0.39 is 23.8 Å². The van der Waals surface area contributed by atoms with E-state index in [4.69, 9.17) is 19.0 Å². The number of hydrogen-bond acceptors (Lipinski definition) is 5. The summed E-state index contributed by atoms with van der Waals surface area (Å²) < 4.78 is 29.7. The first-order valence-electron chi connectivity index (χ1n) is 7.30. The van der Waals surface area contributed by atoms with Gasteiger partial charge >= 0.3 is 5.97 Å². The van der Waals surface area contributed by atoms with Gasteiger partial charge in [-0.05, 0) is 31.2 Å². The van der Waals surface area contributed by atoms with Gasteiger partial charge in [-0.3, -0.25) is 4.79 Å². The highest BCUT2D eigenvalue weighted by atomic mass is 19.1. The van der Waals surface area contributed by atoms with Gasteiger partial charge in [-0.1, -0.05) is 12.1 Å². The molecule has 0 saturated carbocycles. The predicted octanol–water partition coefficient (Wildman–Crippen LogP) is 3.50. The van der Waals surface area contributed by atoms with Gasteiger partial charge in [0.15, 0.2) is 18.2 Å². The number of rotatable bonds is 5. The van der Waals surface area contributed by atoms with E-state index in [-0.39, 0.29) is 34.0 Å². The Kier molecular flexibility index (Phi) is 4.38. The Labute approximate surface area is 141 Å². The van der Waals surface area contributed by atoms with Crippen LogP contribution in [-0.2, 0) is 4.79 Å². The van der Waals surface area contributed by atoms with Crippen molar-refractivity contribution in [2.75, 3.05) is 6.61 Å². The second-order valence-corrected chi connectivity index (χ2v) is 5.19. The number of benzene rings is 2. The summed E-state index contributed by atoms with van der Waals surface area (Å²) in [7, 11) is 0. The van der Waals surface area contributed by atoms with Crippen LogP contribution in [0.4, 0.5) is 4.39 Å². The minimum Gasteiger partial charge on any atom is -0.482 e. The number of para-hydroxylation sites is 1. The molecule has 128 valence electrons.